The summed E-state index contributed by atoms with van der Waals surface area (Å²) in [5, 5.41) is 18.9. The van der Waals surface area contributed by atoms with E-state index in [-0.39, 0.29) is 17.2 Å². The Labute approximate surface area is 128 Å². The molecule has 2 aromatic carbocycles. The summed E-state index contributed by atoms with van der Waals surface area (Å²) in [5.74, 6) is -1.14. The van der Waals surface area contributed by atoms with Crippen LogP contribution in [-0.2, 0) is 11.2 Å². The van der Waals surface area contributed by atoms with Crippen LogP contribution in [0.4, 0.5) is 0 Å². The van der Waals surface area contributed by atoms with Crippen molar-refractivity contribution in [3.8, 4) is 11.5 Å². The Kier molecular flexibility index (Phi) is 4.68. The minimum atomic E-state index is -0.596. The quantitative estimate of drug-likeness (QED) is 0.499. The third kappa shape index (κ3) is 3.58. The van der Waals surface area contributed by atoms with Gasteiger partial charge in [-0.2, -0.15) is 0 Å². The molecule has 0 saturated carbocycles. The largest absolute Gasteiger partial charge is 0.504 e. The SMILES string of the molecule is NC(=O)C(CCc1ccccc1)=C(N)c1ccc(O)c(O)c1. The second-order valence-electron chi connectivity index (χ2n) is 4.95. The van der Waals surface area contributed by atoms with Gasteiger partial charge in [-0.05, 0) is 36.6 Å². The van der Waals surface area contributed by atoms with Crippen LogP contribution >= 0.6 is 0 Å². The first-order valence-electron chi connectivity index (χ1n) is 6.83. The molecule has 0 aromatic heterocycles. The number of carbonyl (C=O) groups is 1. The lowest BCUT2D eigenvalue weighted by molar-refractivity contribution is -0.114. The molecule has 114 valence electrons. The van der Waals surface area contributed by atoms with Crippen LogP contribution in [0.1, 0.15) is 17.5 Å². The summed E-state index contributed by atoms with van der Waals surface area (Å²) in [5.41, 5.74) is 13.4. The molecule has 1 amide bonds. The standard InChI is InChI=1S/C17H18N2O3/c18-16(12-7-9-14(20)15(21)10-12)13(17(19)22)8-6-11-4-2-1-3-5-11/h1-5,7,9-10,20-21H,6,8,18H2,(H2,19,22). The van der Waals surface area contributed by atoms with E-state index in [1.54, 1.807) is 0 Å². The van der Waals surface area contributed by atoms with Crippen molar-refractivity contribution in [3.05, 3.63) is 65.2 Å². The van der Waals surface area contributed by atoms with Gasteiger partial charge in [0.2, 0.25) is 5.91 Å². The van der Waals surface area contributed by atoms with Crippen LogP contribution in [0.3, 0.4) is 0 Å². The lowest BCUT2D eigenvalue weighted by Crippen LogP contribution is -2.19. The summed E-state index contributed by atoms with van der Waals surface area (Å²) in [7, 11) is 0. The molecule has 0 aliphatic heterocycles. The number of primary amides is 1. The average Bonchev–Trinajstić information content (AvgIpc) is 2.50. The molecular weight excluding hydrogens is 280 g/mol. The van der Waals surface area contributed by atoms with E-state index in [9.17, 15) is 15.0 Å². The molecule has 0 spiro atoms. The summed E-state index contributed by atoms with van der Waals surface area (Å²) in [4.78, 5) is 11.7. The molecule has 0 aliphatic carbocycles. The van der Waals surface area contributed by atoms with Gasteiger partial charge in [0.1, 0.15) is 0 Å². The summed E-state index contributed by atoms with van der Waals surface area (Å²) in [6, 6.07) is 13.8. The zero-order valence-electron chi connectivity index (χ0n) is 12.0. The maximum atomic E-state index is 11.7. The van der Waals surface area contributed by atoms with Crippen molar-refractivity contribution in [1.29, 1.82) is 0 Å². The Morgan fingerprint density at radius 3 is 2.23 bits per heavy atom. The van der Waals surface area contributed by atoms with Gasteiger partial charge in [0.25, 0.3) is 0 Å². The van der Waals surface area contributed by atoms with Gasteiger partial charge >= 0.3 is 0 Å². The van der Waals surface area contributed by atoms with Crippen molar-refractivity contribution in [2.45, 2.75) is 12.8 Å². The Balaban J connectivity index is 2.28. The first-order valence-corrected chi connectivity index (χ1v) is 6.83. The molecule has 0 saturated heterocycles. The Morgan fingerprint density at radius 2 is 1.64 bits per heavy atom. The lowest BCUT2D eigenvalue weighted by atomic mass is 9.99. The number of nitrogens with two attached hydrogens (primary N) is 2. The zero-order valence-corrected chi connectivity index (χ0v) is 12.0. The third-order valence-electron chi connectivity index (χ3n) is 3.42. The molecular formula is C17H18N2O3. The van der Waals surface area contributed by atoms with Crippen LogP contribution < -0.4 is 11.5 Å². The number of phenols is 2. The summed E-state index contributed by atoms with van der Waals surface area (Å²) < 4.78 is 0. The van der Waals surface area contributed by atoms with E-state index < -0.39 is 5.91 Å². The monoisotopic (exact) mass is 298 g/mol. The molecule has 0 aliphatic rings. The van der Waals surface area contributed by atoms with Gasteiger partial charge in [-0.1, -0.05) is 30.3 Å². The molecule has 0 bridgehead atoms. The van der Waals surface area contributed by atoms with Crippen LogP contribution in [0.25, 0.3) is 5.70 Å². The van der Waals surface area contributed by atoms with Crippen molar-refractivity contribution in [3.63, 3.8) is 0 Å². The van der Waals surface area contributed by atoms with Gasteiger partial charge in [-0.15, -0.1) is 0 Å². The van der Waals surface area contributed by atoms with Crippen LogP contribution in [0, 0.1) is 0 Å². The van der Waals surface area contributed by atoms with Crippen LogP contribution in [0.15, 0.2) is 54.1 Å². The zero-order chi connectivity index (χ0) is 16.1. The van der Waals surface area contributed by atoms with E-state index in [0.29, 0.717) is 24.0 Å². The van der Waals surface area contributed by atoms with E-state index in [2.05, 4.69) is 0 Å². The normalized spacial score (nSPS) is 11.8. The Hall–Kier alpha value is -2.95. The highest BCUT2D eigenvalue weighted by Crippen LogP contribution is 2.28. The second-order valence-corrected chi connectivity index (χ2v) is 4.95. The van der Waals surface area contributed by atoms with Crippen molar-refractivity contribution >= 4 is 11.6 Å². The Morgan fingerprint density at radius 1 is 0.955 bits per heavy atom. The predicted octanol–water partition coefficient (Wildman–Crippen LogP) is 1.89. The summed E-state index contributed by atoms with van der Waals surface area (Å²) >= 11 is 0. The number of phenolic OH excluding ortho intramolecular Hbond substituents is 2. The smallest absolute Gasteiger partial charge is 0.246 e. The van der Waals surface area contributed by atoms with E-state index in [4.69, 9.17) is 11.5 Å². The first kappa shape index (κ1) is 15.4. The number of hydrogen-bond acceptors (Lipinski definition) is 4. The molecule has 0 radical (unpaired) electrons. The van der Waals surface area contributed by atoms with E-state index in [0.717, 1.165) is 5.56 Å². The Bertz CT molecular complexity index is 709. The van der Waals surface area contributed by atoms with Crippen molar-refractivity contribution in [2.24, 2.45) is 11.5 Å². The van der Waals surface area contributed by atoms with Gasteiger partial charge in [0.05, 0.1) is 0 Å². The summed E-state index contributed by atoms with van der Waals surface area (Å²) in [6.45, 7) is 0. The number of amides is 1. The van der Waals surface area contributed by atoms with Crippen molar-refractivity contribution in [1.82, 2.24) is 0 Å². The van der Waals surface area contributed by atoms with Crippen LogP contribution in [-0.4, -0.2) is 16.1 Å². The van der Waals surface area contributed by atoms with E-state index in [1.165, 1.54) is 18.2 Å². The fourth-order valence-electron chi connectivity index (χ4n) is 2.17. The molecule has 6 N–H and O–H groups in total. The first-order chi connectivity index (χ1) is 10.5. The van der Waals surface area contributed by atoms with Crippen molar-refractivity contribution in [2.75, 3.05) is 0 Å². The average molecular weight is 298 g/mol. The minimum absolute atomic E-state index is 0.207. The molecule has 2 aromatic rings. The lowest BCUT2D eigenvalue weighted by Gasteiger charge is -2.10. The topological polar surface area (TPSA) is 110 Å². The highest BCUT2D eigenvalue weighted by Gasteiger charge is 2.13. The van der Waals surface area contributed by atoms with Crippen LogP contribution in [0.5, 0.6) is 11.5 Å². The number of aromatic hydroxyl groups is 2. The van der Waals surface area contributed by atoms with E-state index >= 15 is 0 Å². The molecule has 22 heavy (non-hydrogen) atoms. The molecule has 2 rings (SSSR count). The molecule has 0 atom stereocenters. The fraction of sp³-hybridized carbons (Fsp3) is 0.118. The highest BCUT2D eigenvalue weighted by molar-refractivity contribution is 5.99. The highest BCUT2D eigenvalue weighted by atomic mass is 16.3. The molecule has 0 fully saturated rings. The predicted molar refractivity (Wildman–Crippen MR) is 84.8 cm³/mol. The molecule has 5 heteroatoms. The number of hydrogen-bond donors (Lipinski definition) is 4. The van der Waals surface area contributed by atoms with E-state index in [1.807, 2.05) is 30.3 Å². The van der Waals surface area contributed by atoms with Crippen molar-refractivity contribution < 1.29 is 15.0 Å². The number of carbonyl (C=O) groups excluding carboxylic acids is 1. The second kappa shape index (κ2) is 6.67. The number of benzene rings is 2. The molecule has 0 heterocycles. The van der Waals surface area contributed by atoms with Crippen LogP contribution in [0.2, 0.25) is 0 Å². The van der Waals surface area contributed by atoms with Gasteiger partial charge in [0.15, 0.2) is 11.5 Å². The minimum Gasteiger partial charge on any atom is -0.504 e. The third-order valence-corrected chi connectivity index (χ3v) is 3.42. The maximum Gasteiger partial charge on any atom is 0.246 e. The number of aryl methyl sites for hydroxylation is 1. The molecule has 0 unspecified atom stereocenters. The van der Waals surface area contributed by atoms with Gasteiger partial charge < -0.3 is 21.7 Å². The summed E-state index contributed by atoms with van der Waals surface area (Å²) in [6.07, 6.45) is 1.02. The fourth-order valence-corrected chi connectivity index (χ4v) is 2.17. The molecule has 5 nitrogen and oxygen atoms in total. The maximum absolute atomic E-state index is 11.7. The van der Waals surface area contributed by atoms with Gasteiger partial charge in [0, 0.05) is 16.8 Å². The number of rotatable bonds is 5. The van der Waals surface area contributed by atoms with Gasteiger partial charge in [-0.3, -0.25) is 4.79 Å². The van der Waals surface area contributed by atoms with Gasteiger partial charge in [-0.25, -0.2) is 0 Å².